The van der Waals surface area contributed by atoms with Crippen molar-refractivity contribution in [3.05, 3.63) is 73.7 Å². The second kappa shape index (κ2) is 10.2. The number of likely N-dealkylation sites (tertiary alicyclic amines) is 1. The highest BCUT2D eigenvalue weighted by molar-refractivity contribution is 5.99. The molecule has 1 aliphatic carbocycles. The van der Waals surface area contributed by atoms with Crippen molar-refractivity contribution in [2.75, 3.05) is 18.4 Å². The number of hydrogen-bond donors (Lipinski definition) is 1. The smallest absolute Gasteiger partial charge is 0.330 e. The van der Waals surface area contributed by atoms with Gasteiger partial charge < -0.3 is 15.1 Å². The third kappa shape index (κ3) is 4.77. The zero-order valence-corrected chi connectivity index (χ0v) is 23.0. The summed E-state index contributed by atoms with van der Waals surface area (Å²) in [5.74, 6) is -0.622. The molecule has 0 bridgehead atoms. The number of rotatable bonds is 5. The van der Waals surface area contributed by atoms with Crippen molar-refractivity contribution in [2.45, 2.75) is 64.7 Å². The molecule has 1 aromatic heterocycles. The third-order valence-electron chi connectivity index (χ3n) is 8.35. The van der Waals surface area contributed by atoms with Crippen LogP contribution in [0.25, 0.3) is 10.9 Å². The molecule has 0 spiro atoms. The summed E-state index contributed by atoms with van der Waals surface area (Å²) in [5.41, 5.74) is 0.892. The van der Waals surface area contributed by atoms with Gasteiger partial charge in [-0.05, 0) is 69.2 Å². The largest absolute Gasteiger partial charge is 0.331 e. The van der Waals surface area contributed by atoms with Crippen molar-refractivity contribution in [2.24, 2.45) is 5.92 Å². The van der Waals surface area contributed by atoms with Gasteiger partial charge in [0.2, 0.25) is 0 Å². The maximum Gasteiger partial charge on any atom is 0.331 e. The summed E-state index contributed by atoms with van der Waals surface area (Å²) >= 11 is 0. The van der Waals surface area contributed by atoms with Crippen molar-refractivity contribution < 1.29 is 14.0 Å². The van der Waals surface area contributed by atoms with Crippen LogP contribution in [0.1, 0.15) is 67.1 Å². The van der Waals surface area contributed by atoms with E-state index in [4.69, 9.17) is 0 Å². The maximum absolute atomic E-state index is 15.3. The molecule has 11 heteroatoms. The molecule has 10 nitrogen and oxygen atoms in total. The standard InChI is InChI=1S/C30H31FN6O4/c1-17(2)37-26-12-24(31)25(11-23(26)28(39)36(30(37)41)14-18-5-6-18)33-29(40)34-9-3-4-21(16-34)35-15-20-8-7-19(13-32)10-22(20)27(35)38/h7-8,10-12,17-18,21H,3-6,9,14-16H2,1-2H3,(H,33,40)/t21-/m1/s1. The fourth-order valence-electron chi connectivity index (χ4n) is 5.99. The van der Waals surface area contributed by atoms with E-state index < -0.39 is 23.1 Å². The Balaban J connectivity index is 1.25. The molecule has 1 N–H and O–H groups in total. The first kappa shape index (κ1) is 26.7. The van der Waals surface area contributed by atoms with E-state index in [9.17, 15) is 24.4 Å². The van der Waals surface area contributed by atoms with Crippen LogP contribution in [0.4, 0.5) is 14.9 Å². The highest BCUT2D eigenvalue weighted by Gasteiger charge is 2.36. The van der Waals surface area contributed by atoms with Gasteiger partial charge in [0, 0.05) is 43.9 Å². The molecule has 1 saturated heterocycles. The number of anilines is 1. The average Bonchev–Trinajstić information content (AvgIpc) is 3.72. The van der Waals surface area contributed by atoms with E-state index in [2.05, 4.69) is 11.4 Å². The van der Waals surface area contributed by atoms with Gasteiger partial charge >= 0.3 is 11.7 Å². The maximum atomic E-state index is 15.3. The van der Waals surface area contributed by atoms with E-state index in [-0.39, 0.29) is 47.0 Å². The second-order valence-corrected chi connectivity index (χ2v) is 11.5. The van der Waals surface area contributed by atoms with Gasteiger partial charge in [-0.25, -0.2) is 14.0 Å². The number of carbonyl (C=O) groups excluding carboxylic acids is 2. The van der Waals surface area contributed by atoms with Gasteiger partial charge in [-0.1, -0.05) is 6.07 Å². The number of carbonyl (C=O) groups is 2. The second-order valence-electron chi connectivity index (χ2n) is 11.5. The number of nitrogens with zero attached hydrogens (tertiary/aromatic N) is 5. The summed E-state index contributed by atoms with van der Waals surface area (Å²) in [4.78, 5) is 56.2. The topological polar surface area (TPSA) is 120 Å². The van der Waals surface area contributed by atoms with Gasteiger partial charge in [-0.3, -0.25) is 18.7 Å². The number of amides is 3. The van der Waals surface area contributed by atoms with Gasteiger partial charge in [0.05, 0.1) is 34.3 Å². The van der Waals surface area contributed by atoms with Crippen molar-refractivity contribution in [3.63, 3.8) is 0 Å². The Bertz CT molecular complexity index is 1750. The summed E-state index contributed by atoms with van der Waals surface area (Å²) in [6.07, 6.45) is 3.30. The minimum absolute atomic E-state index is 0.137. The van der Waals surface area contributed by atoms with Crippen LogP contribution in [0, 0.1) is 23.1 Å². The molecule has 212 valence electrons. The average molecular weight is 559 g/mol. The molecule has 0 unspecified atom stereocenters. The summed E-state index contributed by atoms with van der Waals surface area (Å²) in [5, 5.41) is 12.0. The van der Waals surface area contributed by atoms with Crippen LogP contribution in [0.3, 0.4) is 0 Å². The summed E-state index contributed by atoms with van der Waals surface area (Å²) in [6, 6.07) is 8.55. The molecule has 3 heterocycles. The first-order chi connectivity index (χ1) is 19.7. The highest BCUT2D eigenvalue weighted by Crippen LogP contribution is 2.31. The monoisotopic (exact) mass is 558 g/mol. The van der Waals surface area contributed by atoms with Crippen molar-refractivity contribution in [1.29, 1.82) is 5.26 Å². The summed E-state index contributed by atoms with van der Waals surface area (Å²) < 4.78 is 18.0. The molecule has 1 saturated carbocycles. The van der Waals surface area contributed by atoms with Crippen LogP contribution in [0.15, 0.2) is 39.9 Å². The molecule has 3 aromatic rings. The van der Waals surface area contributed by atoms with Crippen LogP contribution < -0.4 is 16.6 Å². The lowest BCUT2D eigenvalue weighted by Gasteiger charge is -2.37. The number of piperidine rings is 1. The molecule has 41 heavy (non-hydrogen) atoms. The number of nitrogens with one attached hydrogen (secondary N) is 1. The van der Waals surface area contributed by atoms with E-state index in [0.29, 0.717) is 43.6 Å². The number of nitriles is 1. The fourth-order valence-corrected chi connectivity index (χ4v) is 5.99. The van der Waals surface area contributed by atoms with Gasteiger partial charge in [-0.15, -0.1) is 0 Å². The van der Waals surface area contributed by atoms with Crippen LogP contribution >= 0.6 is 0 Å². The Morgan fingerprint density at radius 3 is 2.63 bits per heavy atom. The van der Waals surface area contributed by atoms with E-state index in [0.717, 1.165) is 24.5 Å². The van der Waals surface area contributed by atoms with E-state index in [1.54, 1.807) is 41.8 Å². The lowest BCUT2D eigenvalue weighted by molar-refractivity contribution is 0.0608. The molecule has 3 amide bonds. The van der Waals surface area contributed by atoms with E-state index in [1.807, 2.05) is 0 Å². The van der Waals surface area contributed by atoms with E-state index >= 15 is 4.39 Å². The normalized spacial score (nSPS) is 18.6. The SMILES string of the molecule is CC(C)n1c(=O)n(CC2CC2)c(=O)c2cc(NC(=O)N3CCC[C@@H](N4Cc5ccc(C#N)cc5C4=O)C3)c(F)cc21. The van der Waals surface area contributed by atoms with Crippen molar-refractivity contribution in [1.82, 2.24) is 18.9 Å². The summed E-state index contributed by atoms with van der Waals surface area (Å²) in [6.45, 7) is 5.05. The van der Waals surface area contributed by atoms with Crippen LogP contribution in [-0.4, -0.2) is 50.0 Å². The van der Waals surface area contributed by atoms with Gasteiger partial charge in [0.1, 0.15) is 5.82 Å². The number of aromatic nitrogens is 2. The molecule has 6 rings (SSSR count). The Labute approximate surface area is 235 Å². The zero-order chi connectivity index (χ0) is 29.0. The number of urea groups is 1. The minimum atomic E-state index is -0.744. The quantitative estimate of drug-likeness (QED) is 0.511. The Hall–Kier alpha value is -4.46. The molecular weight excluding hydrogens is 527 g/mol. The molecule has 1 atom stereocenters. The third-order valence-corrected chi connectivity index (χ3v) is 8.35. The number of halogens is 1. The molecule has 2 aliphatic heterocycles. The van der Waals surface area contributed by atoms with Gasteiger partial charge in [0.25, 0.3) is 11.5 Å². The number of hydrogen-bond acceptors (Lipinski definition) is 5. The van der Waals surface area contributed by atoms with Crippen LogP contribution in [0.2, 0.25) is 0 Å². The molecule has 0 radical (unpaired) electrons. The van der Waals surface area contributed by atoms with Crippen LogP contribution in [-0.2, 0) is 13.1 Å². The lowest BCUT2D eigenvalue weighted by atomic mass is 10.0. The number of benzene rings is 2. The summed E-state index contributed by atoms with van der Waals surface area (Å²) in [7, 11) is 0. The molecule has 2 aromatic carbocycles. The Morgan fingerprint density at radius 2 is 1.93 bits per heavy atom. The van der Waals surface area contributed by atoms with Crippen molar-refractivity contribution in [3.8, 4) is 6.07 Å². The predicted octanol–water partition coefficient (Wildman–Crippen LogP) is 3.82. The van der Waals surface area contributed by atoms with Crippen LogP contribution in [0.5, 0.6) is 0 Å². The first-order valence-corrected chi connectivity index (χ1v) is 14.0. The Kier molecular flexibility index (Phi) is 6.64. The first-order valence-electron chi connectivity index (χ1n) is 14.0. The van der Waals surface area contributed by atoms with Crippen molar-refractivity contribution >= 4 is 28.5 Å². The molecule has 2 fully saturated rings. The minimum Gasteiger partial charge on any atom is -0.330 e. The number of fused-ring (bicyclic) bond motifs is 2. The van der Waals surface area contributed by atoms with E-state index in [1.165, 1.54) is 15.2 Å². The molecule has 3 aliphatic rings. The van der Waals surface area contributed by atoms with Gasteiger partial charge in [0.15, 0.2) is 0 Å². The fraction of sp³-hybridized carbons (Fsp3) is 0.433. The van der Waals surface area contributed by atoms with Gasteiger partial charge in [-0.2, -0.15) is 5.26 Å². The molecular formula is C30H31FN6O4. The zero-order valence-electron chi connectivity index (χ0n) is 23.0. The highest BCUT2D eigenvalue weighted by atomic mass is 19.1. The Morgan fingerprint density at radius 1 is 1.15 bits per heavy atom. The lowest BCUT2D eigenvalue weighted by Crippen LogP contribution is -2.51. The predicted molar refractivity (Wildman–Crippen MR) is 150 cm³/mol.